The number of methoxy groups -OCH3 is 1. The molecule has 102 valence electrons. The summed E-state index contributed by atoms with van der Waals surface area (Å²) < 4.78 is 6.83. The molecule has 2 N–H and O–H groups in total. The maximum atomic E-state index is 12.1. The second-order valence-corrected chi connectivity index (χ2v) is 4.93. The van der Waals surface area contributed by atoms with Crippen molar-refractivity contribution in [2.45, 2.75) is 39.0 Å². The number of amides is 1. The van der Waals surface area contributed by atoms with Crippen LogP contribution in [0, 0.1) is 0 Å². The minimum atomic E-state index is -0.659. The molecular formula is C13H22N2O3. The minimum absolute atomic E-state index is 0.193. The summed E-state index contributed by atoms with van der Waals surface area (Å²) in [5.74, 6) is -0.193. The van der Waals surface area contributed by atoms with E-state index in [1.54, 1.807) is 33.9 Å². The first-order valence-corrected chi connectivity index (χ1v) is 6.03. The molecule has 0 saturated carbocycles. The molecule has 0 aromatic carbocycles. The highest BCUT2D eigenvalue weighted by Gasteiger charge is 2.27. The van der Waals surface area contributed by atoms with Crippen molar-refractivity contribution in [1.82, 2.24) is 9.88 Å². The zero-order chi connectivity index (χ0) is 13.8. The topological polar surface area (TPSA) is 63.5 Å². The highest BCUT2D eigenvalue weighted by atomic mass is 16.5. The zero-order valence-electron chi connectivity index (χ0n) is 11.4. The average Bonchev–Trinajstić information content (AvgIpc) is 2.73. The van der Waals surface area contributed by atoms with Crippen LogP contribution in [0.1, 0.15) is 31.3 Å². The monoisotopic (exact) mass is 254 g/mol. The van der Waals surface area contributed by atoms with Crippen LogP contribution in [0.15, 0.2) is 18.3 Å². The summed E-state index contributed by atoms with van der Waals surface area (Å²) in [5.41, 5.74) is -0.0891. The standard InChI is InChI=1S/C13H22N2O3/c1-10(16)13(2,3)14-12(17)11-6-5-7-15(11)8-9-18-4/h5-7,10,16H,8-9H2,1-4H3,(H,14,17). The average molecular weight is 254 g/mol. The maximum Gasteiger partial charge on any atom is 0.268 e. The number of aliphatic hydroxyl groups excluding tert-OH is 1. The Morgan fingerprint density at radius 3 is 2.83 bits per heavy atom. The summed E-state index contributed by atoms with van der Waals surface area (Å²) in [6.07, 6.45) is 1.22. The van der Waals surface area contributed by atoms with Crippen molar-refractivity contribution in [2.24, 2.45) is 0 Å². The first-order chi connectivity index (χ1) is 8.38. The van der Waals surface area contributed by atoms with Crippen LogP contribution in [-0.4, -0.2) is 40.9 Å². The van der Waals surface area contributed by atoms with Gasteiger partial charge in [-0.2, -0.15) is 0 Å². The van der Waals surface area contributed by atoms with Crippen LogP contribution in [0.4, 0.5) is 0 Å². The van der Waals surface area contributed by atoms with Gasteiger partial charge >= 0.3 is 0 Å². The second kappa shape index (κ2) is 6.02. The van der Waals surface area contributed by atoms with Gasteiger partial charge in [0.25, 0.3) is 5.91 Å². The van der Waals surface area contributed by atoms with E-state index in [-0.39, 0.29) is 5.91 Å². The van der Waals surface area contributed by atoms with Crippen LogP contribution in [-0.2, 0) is 11.3 Å². The lowest BCUT2D eigenvalue weighted by Gasteiger charge is -2.29. The van der Waals surface area contributed by atoms with Crippen LogP contribution in [0.3, 0.4) is 0 Å². The summed E-state index contributed by atoms with van der Waals surface area (Å²) in [6.45, 7) is 6.41. The Kier molecular flexibility index (Phi) is 4.93. The van der Waals surface area contributed by atoms with Gasteiger partial charge in [0.2, 0.25) is 0 Å². The Hall–Kier alpha value is -1.33. The SMILES string of the molecule is COCCn1cccc1C(=O)NC(C)(C)C(C)O. The summed E-state index contributed by atoms with van der Waals surface area (Å²) in [7, 11) is 1.62. The van der Waals surface area contributed by atoms with Gasteiger partial charge in [-0.1, -0.05) is 0 Å². The molecule has 0 spiro atoms. The molecule has 1 aromatic heterocycles. The normalized spacial score (nSPS) is 13.4. The molecule has 1 heterocycles. The lowest BCUT2D eigenvalue weighted by atomic mass is 9.98. The molecule has 0 aliphatic carbocycles. The summed E-state index contributed by atoms with van der Waals surface area (Å²) in [6, 6.07) is 3.57. The summed E-state index contributed by atoms with van der Waals surface area (Å²) in [4.78, 5) is 12.1. The van der Waals surface area contributed by atoms with Crippen molar-refractivity contribution >= 4 is 5.91 Å². The molecule has 1 rings (SSSR count). The Morgan fingerprint density at radius 2 is 2.28 bits per heavy atom. The van der Waals surface area contributed by atoms with Crippen LogP contribution < -0.4 is 5.32 Å². The van der Waals surface area contributed by atoms with Crippen LogP contribution in [0.25, 0.3) is 0 Å². The van der Waals surface area contributed by atoms with Gasteiger partial charge in [-0.15, -0.1) is 0 Å². The Bertz CT molecular complexity index is 397. The van der Waals surface area contributed by atoms with E-state index in [0.29, 0.717) is 18.8 Å². The van der Waals surface area contributed by atoms with Crippen molar-refractivity contribution in [3.63, 3.8) is 0 Å². The van der Waals surface area contributed by atoms with E-state index in [2.05, 4.69) is 5.32 Å². The van der Waals surface area contributed by atoms with E-state index in [9.17, 15) is 9.90 Å². The first kappa shape index (κ1) is 14.7. The van der Waals surface area contributed by atoms with Crippen LogP contribution in [0.5, 0.6) is 0 Å². The number of ether oxygens (including phenoxy) is 1. The molecular weight excluding hydrogens is 232 g/mol. The molecule has 0 bridgehead atoms. The number of hydrogen-bond acceptors (Lipinski definition) is 3. The Morgan fingerprint density at radius 1 is 1.61 bits per heavy atom. The number of hydrogen-bond donors (Lipinski definition) is 2. The molecule has 5 nitrogen and oxygen atoms in total. The van der Waals surface area contributed by atoms with E-state index in [0.717, 1.165) is 0 Å². The minimum Gasteiger partial charge on any atom is -0.391 e. The number of aromatic nitrogens is 1. The number of nitrogens with zero attached hydrogens (tertiary/aromatic N) is 1. The fraction of sp³-hybridized carbons (Fsp3) is 0.615. The van der Waals surface area contributed by atoms with E-state index in [1.807, 2.05) is 16.8 Å². The highest BCUT2D eigenvalue weighted by Crippen LogP contribution is 2.11. The van der Waals surface area contributed by atoms with E-state index in [4.69, 9.17) is 4.74 Å². The van der Waals surface area contributed by atoms with Gasteiger partial charge < -0.3 is 19.7 Å². The van der Waals surface area contributed by atoms with Crippen molar-refractivity contribution < 1.29 is 14.6 Å². The fourth-order valence-electron chi connectivity index (χ4n) is 1.47. The third kappa shape index (κ3) is 3.58. The third-order valence-electron chi connectivity index (χ3n) is 3.08. The molecule has 0 aliphatic heterocycles. The molecule has 0 fully saturated rings. The van der Waals surface area contributed by atoms with Crippen molar-refractivity contribution in [1.29, 1.82) is 0 Å². The summed E-state index contributed by atoms with van der Waals surface area (Å²) >= 11 is 0. The van der Waals surface area contributed by atoms with Gasteiger partial charge in [0, 0.05) is 19.9 Å². The number of nitrogens with one attached hydrogen (secondary N) is 1. The quantitative estimate of drug-likeness (QED) is 0.797. The van der Waals surface area contributed by atoms with Crippen molar-refractivity contribution in [3.8, 4) is 0 Å². The zero-order valence-corrected chi connectivity index (χ0v) is 11.4. The van der Waals surface area contributed by atoms with E-state index >= 15 is 0 Å². The van der Waals surface area contributed by atoms with Gasteiger partial charge in [0.15, 0.2) is 0 Å². The molecule has 0 saturated heterocycles. The van der Waals surface area contributed by atoms with E-state index < -0.39 is 11.6 Å². The van der Waals surface area contributed by atoms with Crippen molar-refractivity contribution in [2.75, 3.05) is 13.7 Å². The van der Waals surface area contributed by atoms with Crippen LogP contribution >= 0.6 is 0 Å². The third-order valence-corrected chi connectivity index (χ3v) is 3.08. The second-order valence-electron chi connectivity index (χ2n) is 4.93. The molecule has 0 radical (unpaired) electrons. The van der Waals surface area contributed by atoms with E-state index in [1.165, 1.54) is 0 Å². The molecule has 1 aromatic rings. The lowest BCUT2D eigenvalue weighted by Crippen LogP contribution is -2.51. The van der Waals surface area contributed by atoms with Gasteiger partial charge in [0.05, 0.1) is 18.2 Å². The summed E-state index contributed by atoms with van der Waals surface area (Å²) in [5, 5.41) is 12.4. The number of carbonyl (C=O) groups excluding carboxylic acids is 1. The Balaban J connectivity index is 2.75. The van der Waals surface area contributed by atoms with Gasteiger partial charge in [-0.05, 0) is 32.9 Å². The lowest BCUT2D eigenvalue weighted by molar-refractivity contribution is 0.0700. The molecule has 1 amide bonds. The molecule has 1 unspecified atom stereocenters. The highest BCUT2D eigenvalue weighted by molar-refractivity contribution is 5.93. The smallest absolute Gasteiger partial charge is 0.268 e. The first-order valence-electron chi connectivity index (χ1n) is 6.03. The Labute approximate surface area is 108 Å². The maximum absolute atomic E-state index is 12.1. The number of rotatable bonds is 6. The fourth-order valence-corrected chi connectivity index (χ4v) is 1.47. The molecule has 18 heavy (non-hydrogen) atoms. The number of aliphatic hydroxyl groups is 1. The predicted octanol–water partition coefficient (Wildman–Crippen LogP) is 1.02. The van der Waals surface area contributed by atoms with Gasteiger partial charge in [0.1, 0.15) is 5.69 Å². The number of carbonyl (C=O) groups is 1. The van der Waals surface area contributed by atoms with Crippen LogP contribution in [0.2, 0.25) is 0 Å². The largest absolute Gasteiger partial charge is 0.391 e. The van der Waals surface area contributed by atoms with Gasteiger partial charge in [-0.25, -0.2) is 0 Å². The van der Waals surface area contributed by atoms with Crippen molar-refractivity contribution in [3.05, 3.63) is 24.0 Å². The van der Waals surface area contributed by atoms with Gasteiger partial charge in [-0.3, -0.25) is 4.79 Å². The molecule has 5 heteroatoms. The molecule has 0 aliphatic rings. The molecule has 1 atom stereocenters. The predicted molar refractivity (Wildman–Crippen MR) is 69.5 cm³/mol.